The quantitative estimate of drug-likeness (QED) is 0.329. The second-order valence-corrected chi connectivity index (χ2v) is 14.8. The molecule has 0 spiro atoms. The van der Waals surface area contributed by atoms with Crippen LogP contribution in [0, 0.1) is 11.3 Å². The van der Waals surface area contributed by atoms with E-state index in [1.165, 1.54) is 12.0 Å². The summed E-state index contributed by atoms with van der Waals surface area (Å²) in [7, 11) is -1.15. The van der Waals surface area contributed by atoms with Gasteiger partial charge in [-0.3, -0.25) is 0 Å². The van der Waals surface area contributed by atoms with E-state index in [0.717, 1.165) is 53.3 Å². The molecule has 30 heavy (non-hydrogen) atoms. The maximum absolute atomic E-state index is 9.76. The van der Waals surface area contributed by atoms with Crippen molar-refractivity contribution in [2.75, 3.05) is 6.61 Å². The van der Waals surface area contributed by atoms with E-state index >= 15 is 0 Å². The average Bonchev–Trinajstić information content (AvgIpc) is 3.36. The monoisotopic (exact) mass is 415 g/mol. The topological polar surface area (TPSA) is 50.8 Å². The number of allylic oxidation sites excluding steroid dienone is 2. The van der Waals surface area contributed by atoms with Gasteiger partial charge in [0.25, 0.3) is 0 Å². The number of fused-ring (bicyclic) bond motifs is 1. The van der Waals surface area contributed by atoms with Gasteiger partial charge in [-0.15, -0.1) is 0 Å². The minimum atomic E-state index is -1.15. The molecular formula is C25H29N3OSi. The third kappa shape index (κ3) is 4.11. The highest BCUT2D eigenvalue weighted by atomic mass is 28.3. The standard InChI is InChI=1S/C25H29N3OSi/c1-30(2,3)16-15-29-18-28-24(19-9-4-5-10-19)23(22-13-8-14-27-25(22)28)21-12-7-6-11-20(21)17-26/h6-9,11-14H,4-5,10,15-16,18H2,1-3H3. The summed E-state index contributed by atoms with van der Waals surface area (Å²) in [5, 5.41) is 10.8. The van der Waals surface area contributed by atoms with E-state index in [0.29, 0.717) is 12.3 Å². The number of rotatable bonds is 7. The van der Waals surface area contributed by atoms with Gasteiger partial charge < -0.3 is 9.30 Å². The second kappa shape index (κ2) is 8.59. The van der Waals surface area contributed by atoms with E-state index in [1.54, 1.807) is 0 Å². The predicted octanol–water partition coefficient (Wildman–Crippen LogP) is 6.45. The Hall–Kier alpha value is -2.68. The zero-order valence-electron chi connectivity index (χ0n) is 18.1. The van der Waals surface area contributed by atoms with Crippen LogP contribution in [-0.2, 0) is 11.5 Å². The zero-order valence-corrected chi connectivity index (χ0v) is 19.1. The third-order valence-corrected chi connectivity index (χ3v) is 7.40. The number of aromatic nitrogens is 2. The van der Waals surface area contributed by atoms with Gasteiger partial charge in [0.1, 0.15) is 12.4 Å². The first-order valence-corrected chi connectivity index (χ1v) is 14.4. The highest BCUT2D eigenvalue weighted by Gasteiger charge is 2.25. The molecule has 0 bridgehead atoms. The van der Waals surface area contributed by atoms with Gasteiger partial charge in [0, 0.05) is 37.4 Å². The lowest BCUT2D eigenvalue weighted by Gasteiger charge is -2.17. The first-order valence-electron chi connectivity index (χ1n) is 10.7. The van der Waals surface area contributed by atoms with Crippen LogP contribution < -0.4 is 0 Å². The van der Waals surface area contributed by atoms with Gasteiger partial charge in [-0.2, -0.15) is 5.26 Å². The lowest BCUT2D eigenvalue weighted by Crippen LogP contribution is -2.22. The van der Waals surface area contributed by atoms with Gasteiger partial charge >= 0.3 is 0 Å². The fourth-order valence-electron chi connectivity index (χ4n) is 4.13. The molecule has 0 atom stereocenters. The highest BCUT2D eigenvalue weighted by molar-refractivity contribution is 6.76. The van der Waals surface area contributed by atoms with Crippen molar-refractivity contribution < 1.29 is 4.74 Å². The van der Waals surface area contributed by atoms with Crippen molar-refractivity contribution in [2.45, 2.75) is 51.7 Å². The first-order chi connectivity index (χ1) is 14.5. The summed E-state index contributed by atoms with van der Waals surface area (Å²) >= 11 is 0. The number of hydrogen-bond acceptors (Lipinski definition) is 3. The van der Waals surface area contributed by atoms with Crippen LogP contribution in [0.2, 0.25) is 25.7 Å². The summed E-state index contributed by atoms with van der Waals surface area (Å²) in [6.45, 7) is 8.36. The smallest absolute Gasteiger partial charge is 0.142 e. The molecule has 4 nitrogen and oxygen atoms in total. The Bertz CT molecular complexity index is 1130. The van der Waals surface area contributed by atoms with Crippen LogP contribution >= 0.6 is 0 Å². The summed E-state index contributed by atoms with van der Waals surface area (Å²) < 4.78 is 8.40. The van der Waals surface area contributed by atoms with Crippen molar-refractivity contribution in [2.24, 2.45) is 0 Å². The number of hydrogen-bond donors (Lipinski definition) is 0. The van der Waals surface area contributed by atoms with Gasteiger partial charge in [0.05, 0.1) is 17.3 Å². The molecule has 1 aliphatic rings. The van der Waals surface area contributed by atoms with E-state index in [2.05, 4.69) is 48.5 Å². The molecule has 0 amide bonds. The summed E-state index contributed by atoms with van der Waals surface area (Å²) in [5.41, 5.74) is 6.20. The van der Waals surface area contributed by atoms with E-state index in [-0.39, 0.29) is 0 Å². The lowest BCUT2D eigenvalue weighted by atomic mass is 9.95. The predicted molar refractivity (Wildman–Crippen MR) is 126 cm³/mol. The highest BCUT2D eigenvalue weighted by Crippen LogP contribution is 2.42. The van der Waals surface area contributed by atoms with Gasteiger partial charge in [-0.1, -0.05) is 43.9 Å². The molecule has 1 aliphatic carbocycles. The molecular weight excluding hydrogens is 386 g/mol. The number of benzene rings is 1. The molecule has 0 aliphatic heterocycles. The molecule has 1 aromatic carbocycles. The Kier molecular flexibility index (Phi) is 5.89. The summed E-state index contributed by atoms with van der Waals surface area (Å²) in [4.78, 5) is 4.72. The summed E-state index contributed by atoms with van der Waals surface area (Å²) in [5.74, 6) is 0. The van der Waals surface area contributed by atoms with Crippen molar-refractivity contribution in [3.8, 4) is 17.2 Å². The number of pyridine rings is 1. The van der Waals surface area contributed by atoms with Crippen LogP contribution in [0.1, 0.15) is 30.5 Å². The van der Waals surface area contributed by atoms with Crippen molar-refractivity contribution in [3.63, 3.8) is 0 Å². The molecule has 3 aromatic rings. The number of nitriles is 1. The Labute approximate surface area is 179 Å². The maximum atomic E-state index is 9.76. The number of ether oxygens (including phenoxy) is 1. The minimum absolute atomic E-state index is 0.486. The SMILES string of the molecule is C[Si](C)(C)CCOCn1c(C2=CCCC2)c(-c2ccccc2C#N)c2cccnc21. The third-order valence-electron chi connectivity index (χ3n) is 5.70. The van der Waals surface area contributed by atoms with Crippen LogP contribution in [0.3, 0.4) is 0 Å². The molecule has 5 heteroatoms. The van der Waals surface area contributed by atoms with Crippen LogP contribution in [0.5, 0.6) is 0 Å². The van der Waals surface area contributed by atoms with Crippen LogP contribution in [0.25, 0.3) is 27.7 Å². The Morgan fingerprint density at radius 2 is 2.00 bits per heavy atom. The zero-order chi connectivity index (χ0) is 21.1. The fourth-order valence-corrected chi connectivity index (χ4v) is 4.88. The fraction of sp³-hybridized carbons (Fsp3) is 0.360. The van der Waals surface area contributed by atoms with E-state index in [1.807, 2.05) is 30.5 Å². The maximum Gasteiger partial charge on any atom is 0.142 e. The number of nitrogens with zero attached hydrogens (tertiary/aromatic N) is 3. The molecule has 154 valence electrons. The molecule has 4 rings (SSSR count). The van der Waals surface area contributed by atoms with Crippen molar-refractivity contribution in [1.82, 2.24) is 9.55 Å². The van der Waals surface area contributed by atoms with Gasteiger partial charge in [0.2, 0.25) is 0 Å². The van der Waals surface area contributed by atoms with E-state index in [9.17, 15) is 5.26 Å². The van der Waals surface area contributed by atoms with E-state index < -0.39 is 8.07 Å². The molecule has 0 saturated heterocycles. The Morgan fingerprint density at radius 3 is 2.73 bits per heavy atom. The molecule has 0 radical (unpaired) electrons. The van der Waals surface area contributed by atoms with Gasteiger partial charge in [0.15, 0.2) is 0 Å². The Balaban J connectivity index is 1.87. The summed E-state index contributed by atoms with van der Waals surface area (Å²) in [6.07, 6.45) is 7.49. The Morgan fingerprint density at radius 1 is 1.17 bits per heavy atom. The van der Waals surface area contributed by atoms with E-state index in [4.69, 9.17) is 9.72 Å². The lowest BCUT2D eigenvalue weighted by molar-refractivity contribution is 0.0894. The van der Waals surface area contributed by atoms with Gasteiger partial charge in [-0.05, 0) is 49.1 Å². The average molecular weight is 416 g/mol. The molecule has 0 unspecified atom stereocenters. The molecule has 2 aromatic heterocycles. The summed E-state index contributed by atoms with van der Waals surface area (Å²) in [6, 6.07) is 15.5. The second-order valence-electron chi connectivity index (χ2n) is 9.15. The largest absolute Gasteiger partial charge is 0.361 e. The van der Waals surface area contributed by atoms with Crippen LogP contribution in [0.4, 0.5) is 0 Å². The van der Waals surface area contributed by atoms with Crippen molar-refractivity contribution >= 4 is 24.7 Å². The van der Waals surface area contributed by atoms with Gasteiger partial charge in [-0.25, -0.2) is 4.98 Å². The van der Waals surface area contributed by atoms with Crippen molar-refractivity contribution in [1.29, 1.82) is 5.26 Å². The first kappa shape index (κ1) is 20.6. The van der Waals surface area contributed by atoms with Crippen molar-refractivity contribution in [3.05, 3.63) is 59.9 Å². The molecule has 0 saturated carbocycles. The molecule has 0 N–H and O–H groups in total. The minimum Gasteiger partial charge on any atom is -0.361 e. The molecule has 0 fully saturated rings. The normalized spacial score (nSPS) is 14.1. The van der Waals surface area contributed by atoms with Crippen LogP contribution in [-0.4, -0.2) is 24.2 Å². The van der Waals surface area contributed by atoms with Crippen LogP contribution in [0.15, 0.2) is 48.7 Å². The molecule has 2 heterocycles.